The van der Waals surface area contributed by atoms with Crippen LogP contribution in [0.3, 0.4) is 0 Å². The fourth-order valence-corrected chi connectivity index (χ4v) is 4.50. The molecule has 0 aliphatic rings. The largest absolute Gasteiger partial charge is 0.312 e. The topological polar surface area (TPSA) is 51.4 Å². The summed E-state index contributed by atoms with van der Waals surface area (Å²) in [5.74, 6) is 0. The molecule has 0 radical (unpaired) electrons. The SMILES string of the molecule is C=CCn1/c(=N/S(=O)(=O)c2ccc(C)cc2)sc2ccccc21. The van der Waals surface area contributed by atoms with Crippen LogP contribution in [-0.2, 0) is 16.6 Å². The quantitative estimate of drug-likeness (QED) is 0.680. The molecule has 0 aliphatic carbocycles. The van der Waals surface area contributed by atoms with Crippen LogP contribution >= 0.6 is 11.3 Å². The summed E-state index contributed by atoms with van der Waals surface area (Å²) in [7, 11) is -3.74. The Labute approximate surface area is 139 Å². The Balaban J connectivity index is 2.22. The molecule has 4 nitrogen and oxygen atoms in total. The number of para-hydroxylation sites is 1. The van der Waals surface area contributed by atoms with Gasteiger partial charge in [0.15, 0.2) is 0 Å². The summed E-state index contributed by atoms with van der Waals surface area (Å²) in [4.78, 5) is 0.650. The highest BCUT2D eigenvalue weighted by Gasteiger charge is 2.14. The second-order valence-electron chi connectivity index (χ2n) is 5.13. The van der Waals surface area contributed by atoms with E-state index in [1.807, 2.05) is 35.8 Å². The van der Waals surface area contributed by atoms with Gasteiger partial charge in [0, 0.05) is 6.54 Å². The first-order valence-corrected chi connectivity index (χ1v) is 9.34. The third-order valence-electron chi connectivity index (χ3n) is 3.42. The molecule has 0 atom stereocenters. The van der Waals surface area contributed by atoms with Gasteiger partial charge in [0.1, 0.15) is 0 Å². The zero-order chi connectivity index (χ0) is 16.4. The number of thiazole rings is 1. The van der Waals surface area contributed by atoms with Crippen LogP contribution in [0.2, 0.25) is 0 Å². The standard InChI is InChI=1S/C17H16N2O2S2/c1-3-12-19-15-6-4-5-7-16(15)22-17(19)18-23(20,21)14-10-8-13(2)9-11-14/h3-11H,1,12H2,2H3/b18-17-. The maximum absolute atomic E-state index is 12.5. The third-order valence-corrected chi connectivity index (χ3v) is 5.87. The second kappa shape index (κ2) is 6.14. The summed E-state index contributed by atoms with van der Waals surface area (Å²) in [6.07, 6.45) is 1.73. The molecule has 23 heavy (non-hydrogen) atoms. The molecule has 118 valence electrons. The molecular weight excluding hydrogens is 328 g/mol. The van der Waals surface area contributed by atoms with Crippen molar-refractivity contribution in [2.75, 3.05) is 0 Å². The van der Waals surface area contributed by atoms with E-state index in [-0.39, 0.29) is 4.90 Å². The van der Waals surface area contributed by atoms with E-state index in [2.05, 4.69) is 11.0 Å². The lowest BCUT2D eigenvalue weighted by atomic mass is 10.2. The van der Waals surface area contributed by atoms with Gasteiger partial charge in [-0.05, 0) is 31.2 Å². The van der Waals surface area contributed by atoms with E-state index in [4.69, 9.17) is 0 Å². The Hall–Kier alpha value is -2.18. The van der Waals surface area contributed by atoms with Gasteiger partial charge in [0.2, 0.25) is 4.80 Å². The molecule has 0 aliphatic heterocycles. The lowest BCUT2D eigenvalue weighted by molar-refractivity contribution is 0.596. The van der Waals surface area contributed by atoms with Crippen molar-refractivity contribution >= 4 is 31.6 Å². The molecule has 0 spiro atoms. The molecule has 1 aromatic heterocycles. The number of rotatable bonds is 4. The number of hydrogen-bond donors (Lipinski definition) is 0. The highest BCUT2D eigenvalue weighted by atomic mass is 32.2. The van der Waals surface area contributed by atoms with Crippen LogP contribution in [0.1, 0.15) is 5.56 Å². The maximum atomic E-state index is 12.5. The summed E-state index contributed by atoms with van der Waals surface area (Å²) in [5.41, 5.74) is 1.96. The van der Waals surface area contributed by atoms with Crippen molar-refractivity contribution in [3.63, 3.8) is 0 Å². The van der Waals surface area contributed by atoms with Crippen molar-refractivity contribution in [2.24, 2.45) is 4.40 Å². The minimum atomic E-state index is -3.74. The zero-order valence-electron chi connectivity index (χ0n) is 12.6. The molecule has 0 N–H and O–H groups in total. The van der Waals surface area contributed by atoms with E-state index in [9.17, 15) is 8.42 Å². The third kappa shape index (κ3) is 3.13. The molecule has 2 aromatic carbocycles. The van der Waals surface area contributed by atoms with Gasteiger partial charge in [-0.15, -0.1) is 11.0 Å². The number of allylic oxidation sites excluding steroid dienone is 1. The summed E-state index contributed by atoms with van der Waals surface area (Å²) in [6.45, 7) is 6.16. The van der Waals surface area contributed by atoms with Crippen LogP contribution in [0.4, 0.5) is 0 Å². The van der Waals surface area contributed by atoms with Crippen LogP contribution < -0.4 is 4.80 Å². The Kier molecular flexibility index (Phi) is 4.19. The van der Waals surface area contributed by atoms with Crippen molar-refractivity contribution in [1.82, 2.24) is 4.57 Å². The number of aromatic nitrogens is 1. The van der Waals surface area contributed by atoms with Crippen LogP contribution in [0.15, 0.2) is 70.5 Å². The maximum Gasteiger partial charge on any atom is 0.285 e. The van der Waals surface area contributed by atoms with Crippen molar-refractivity contribution in [2.45, 2.75) is 18.4 Å². The highest BCUT2D eigenvalue weighted by molar-refractivity contribution is 7.90. The van der Waals surface area contributed by atoms with Crippen molar-refractivity contribution < 1.29 is 8.42 Å². The van der Waals surface area contributed by atoms with Crippen LogP contribution in [0.25, 0.3) is 10.2 Å². The number of hydrogen-bond acceptors (Lipinski definition) is 3. The molecule has 0 unspecified atom stereocenters. The molecule has 1 heterocycles. The average Bonchev–Trinajstić information content (AvgIpc) is 2.85. The number of sulfonamides is 1. The molecule has 3 rings (SSSR count). The monoisotopic (exact) mass is 344 g/mol. The van der Waals surface area contributed by atoms with Gasteiger partial charge in [-0.1, -0.05) is 47.2 Å². The lowest BCUT2D eigenvalue weighted by Crippen LogP contribution is -2.16. The van der Waals surface area contributed by atoms with Crippen molar-refractivity contribution in [3.8, 4) is 0 Å². The van der Waals surface area contributed by atoms with E-state index in [1.54, 1.807) is 30.3 Å². The normalized spacial score (nSPS) is 12.7. The molecule has 3 aromatic rings. The molecule has 0 saturated heterocycles. The van der Waals surface area contributed by atoms with Crippen molar-refractivity contribution in [3.05, 3.63) is 71.6 Å². The van der Waals surface area contributed by atoms with Crippen LogP contribution in [0, 0.1) is 6.92 Å². The summed E-state index contributed by atoms with van der Waals surface area (Å²) in [6, 6.07) is 14.5. The van der Waals surface area contributed by atoms with Gasteiger partial charge in [-0.3, -0.25) is 0 Å². The van der Waals surface area contributed by atoms with Gasteiger partial charge in [0.25, 0.3) is 10.0 Å². The molecule has 6 heteroatoms. The van der Waals surface area contributed by atoms with E-state index < -0.39 is 10.0 Å². The first-order chi connectivity index (χ1) is 11.0. The predicted molar refractivity (Wildman–Crippen MR) is 93.9 cm³/mol. The van der Waals surface area contributed by atoms with Gasteiger partial charge < -0.3 is 4.57 Å². The first-order valence-electron chi connectivity index (χ1n) is 7.08. The Morgan fingerprint density at radius 3 is 2.57 bits per heavy atom. The second-order valence-corrected chi connectivity index (χ2v) is 7.74. The van der Waals surface area contributed by atoms with Crippen LogP contribution in [0.5, 0.6) is 0 Å². The minimum absolute atomic E-state index is 0.200. The smallest absolute Gasteiger partial charge is 0.285 e. The fraction of sp³-hybridized carbons (Fsp3) is 0.118. The van der Waals surface area contributed by atoms with E-state index in [0.717, 1.165) is 15.8 Å². The highest BCUT2D eigenvalue weighted by Crippen LogP contribution is 2.18. The van der Waals surface area contributed by atoms with Crippen LogP contribution in [-0.4, -0.2) is 13.0 Å². The van der Waals surface area contributed by atoms with E-state index in [0.29, 0.717) is 11.3 Å². The number of nitrogens with zero attached hydrogens (tertiary/aromatic N) is 2. The van der Waals surface area contributed by atoms with Crippen molar-refractivity contribution in [1.29, 1.82) is 0 Å². The van der Waals surface area contributed by atoms with Gasteiger partial charge in [-0.25, -0.2) is 0 Å². The first kappa shape index (κ1) is 15.7. The predicted octanol–water partition coefficient (Wildman–Crippen LogP) is 3.49. The van der Waals surface area contributed by atoms with E-state index in [1.165, 1.54) is 11.3 Å². The number of benzene rings is 2. The minimum Gasteiger partial charge on any atom is -0.312 e. The molecule has 0 amide bonds. The summed E-state index contributed by atoms with van der Waals surface area (Å²) in [5, 5.41) is 0. The fourth-order valence-electron chi connectivity index (χ4n) is 2.26. The zero-order valence-corrected chi connectivity index (χ0v) is 14.3. The number of fused-ring (bicyclic) bond motifs is 1. The van der Waals surface area contributed by atoms with Gasteiger partial charge >= 0.3 is 0 Å². The molecule has 0 saturated carbocycles. The molecule has 0 fully saturated rings. The molecule has 0 bridgehead atoms. The number of aryl methyl sites for hydroxylation is 1. The van der Waals surface area contributed by atoms with E-state index >= 15 is 0 Å². The Morgan fingerprint density at radius 1 is 1.17 bits per heavy atom. The molecular formula is C17H16N2O2S2. The lowest BCUT2D eigenvalue weighted by Gasteiger charge is -2.02. The average molecular weight is 344 g/mol. The Bertz CT molecular complexity index is 1030. The van der Waals surface area contributed by atoms with Gasteiger partial charge in [0.05, 0.1) is 15.1 Å². The summed E-state index contributed by atoms with van der Waals surface area (Å²) >= 11 is 1.36. The Morgan fingerprint density at radius 2 is 1.87 bits per heavy atom. The summed E-state index contributed by atoms with van der Waals surface area (Å²) < 4.78 is 32.0. The van der Waals surface area contributed by atoms with Gasteiger partial charge in [-0.2, -0.15) is 8.42 Å².